The topological polar surface area (TPSA) is 70.0 Å². The van der Waals surface area contributed by atoms with Crippen LogP contribution in [0.15, 0.2) is 41.0 Å². The molecule has 1 unspecified atom stereocenters. The second-order valence-electron chi connectivity index (χ2n) is 4.57. The van der Waals surface area contributed by atoms with Crippen LogP contribution in [0.2, 0.25) is 0 Å². The van der Waals surface area contributed by atoms with Gasteiger partial charge in [0, 0.05) is 30.5 Å². The number of hydrogen-bond acceptors (Lipinski definition) is 6. The summed E-state index contributed by atoms with van der Waals surface area (Å²) < 4.78 is 21.6. The van der Waals surface area contributed by atoms with Gasteiger partial charge in [-0.3, -0.25) is 4.98 Å². The minimum Gasteiger partial charge on any atom is -0.467 e. The molecule has 0 saturated carbocycles. The zero-order valence-corrected chi connectivity index (χ0v) is 14.4. The van der Waals surface area contributed by atoms with Crippen molar-refractivity contribution in [1.29, 1.82) is 0 Å². The van der Waals surface area contributed by atoms with Gasteiger partial charge in [-0.2, -0.15) is 0 Å². The van der Waals surface area contributed by atoms with Gasteiger partial charge < -0.3 is 24.1 Å². The molecule has 0 saturated heterocycles. The summed E-state index contributed by atoms with van der Waals surface area (Å²) in [4.78, 5) is 4.23. The predicted molar refractivity (Wildman–Crippen MR) is 87.4 cm³/mol. The Bertz CT molecular complexity index is 638. The Hall–Kier alpha value is -1.67. The average Bonchev–Trinajstić information content (AvgIpc) is 2.58. The molecule has 7 heteroatoms. The molecule has 0 bridgehead atoms. The van der Waals surface area contributed by atoms with Crippen LogP contribution in [0.4, 0.5) is 0 Å². The van der Waals surface area contributed by atoms with E-state index in [0.717, 1.165) is 4.47 Å². The molecule has 23 heavy (non-hydrogen) atoms. The first-order valence-corrected chi connectivity index (χ1v) is 7.62. The summed E-state index contributed by atoms with van der Waals surface area (Å²) in [5.41, 5.74) is 0.933. The lowest BCUT2D eigenvalue weighted by molar-refractivity contribution is 0.0459. The third-order valence-electron chi connectivity index (χ3n) is 2.99. The summed E-state index contributed by atoms with van der Waals surface area (Å²) in [6.45, 7) is 0.146. The zero-order valence-electron chi connectivity index (χ0n) is 12.9. The largest absolute Gasteiger partial charge is 0.467 e. The van der Waals surface area contributed by atoms with Gasteiger partial charge in [0.2, 0.25) is 0 Å². The van der Waals surface area contributed by atoms with Crippen molar-refractivity contribution in [1.82, 2.24) is 4.98 Å². The molecule has 6 nitrogen and oxygen atoms in total. The van der Waals surface area contributed by atoms with Gasteiger partial charge in [0.15, 0.2) is 13.6 Å². The molecular weight excluding hydrogens is 366 g/mol. The number of hydrogen-bond donors (Lipinski definition) is 1. The highest BCUT2D eigenvalue weighted by atomic mass is 79.9. The zero-order chi connectivity index (χ0) is 16.7. The third kappa shape index (κ3) is 4.65. The molecule has 0 fully saturated rings. The number of aliphatic hydroxyl groups excluding tert-OH is 1. The normalized spacial score (nSPS) is 12.0. The highest BCUT2D eigenvalue weighted by molar-refractivity contribution is 9.10. The second kappa shape index (κ2) is 8.83. The Morgan fingerprint density at radius 3 is 2.48 bits per heavy atom. The number of rotatable bonds is 8. The van der Waals surface area contributed by atoms with E-state index in [1.165, 1.54) is 14.2 Å². The van der Waals surface area contributed by atoms with Gasteiger partial charge in [0.05, 0.1) is 0 Å². The third-order valence-corrected chi connectivity index (χ3v) is 3.48. The predicted octanol–water partition coefficient (Wildman–Crippen LogP) is 2.89. The van der Waals surface area contributed by atoms with Crippen molar-refractivity contribution in [2.24, 2.45) is 0 Å². The first-order chi connectivity index (χ1) is 11.2. The van der Waals surface area contributed by atoms with Crippen molar-refractivity contribution in [3.8, 4) is 11.5 Å². The van der Waals surface area contributed by atoms with E-state index in [4.69, 9.17) is 18.9 Å². The van der Waals surface area contributed by atoms with Gasteiger partial charge in [0.1, 0.15) is 23.3 Å². The number of nitrogens with zero attached hydrogens (tertiary/aromatic N) is 1. The Morgan fingerprint density at radius 1 is 1.09 bits per heavy atom. The number of pyridine rings is 1. The summed E-state index contributed by atoms with van der Waals surface area (Å²) >= 11 is 3.40. The van der Waals surface area contributed by atoms with Crippen LogP contribution < -0.4 is 9.47 Å². The maximum Gasteiger partial charge on any atom is 0.188 e. The van der Waals surface area contributed by atoms with Gasteiger partial charge in [0.25, 0.3) is 0 Å². The highest BCUT2D eigenvalue weighted by Crippen LogP contribution is 2.35. The van der Waals surface area contributed by atoms with Crippen LogP contribution >= 0.6 is 15.9 Å². The molecule has 2 aromatic rings. The maximum atomic E-state index is 10.8. The molecule has 0 aliphatic rings. The maximum absolute atomic E-state index is 10.8. The molecular formula is C16H18BrNO5. The molecule has 1 N–H and O–H groups in total. The van der Waals surface area contributed by atoms with Gasteiger partial charge in [-0.05, 0) is 30.3 Å². The number of ether oxygens (including phenoxy) is 4. The van der Waals surface area contributed by atoms with E-state index >= 15 is 0 Å². The molecule has 0 spiro atoms. The fourth-order valence-electron chi connectivity index (χ4n) is 1.99. The van der Waals surface area contributed by atoms with E-state index in [0.29, 0.717) is 22.8 Å². The second-order valence-corrected chi connectivity index (χ2v) is 5.49. The van der Waals surface area contributed by atoms with Gasteiger partial charge in [-0.1, -0.05) is 15.9 Å². The van der Waals surface area contributed by atoms with E-state index in [1.54, 1.807) is 30.5 Å². The molecule has 0 aliphatic carbocycles. The van der Waals surface area contributed by atoms with E-state index in [2.05, 4.69) is 20.9 Å². The van der Waals surface area contributed by atoms with Crippen LogP contribution in [0.25, 0.3) is 0 Å². The summed E-state index contributed by atoms with van der Waals surface area (Å²) in [7, 11) is 3.06. The molecule has 124 valence electrons. The van der Waals surface area contributed by atoms with Crippen LogP contribution in [0.3, 0.4) is 0 Å². The molecule has 0 aliphatic heterocycles. The van der Waals surface area contributed by atoms with Crippen LogP contribution in [0.1, 0.15) is 17.4 Å². The number of halogens is 1. The van der Waals surface area contributed by atoms with Gasteiger partial charge in [-0.15, -0.1) is 0 Å². The number of aromatic nitrogens is 1. The lowest BCUT2D eigenvalue weighted by Gasteiger charge is -2.18. The molecule has 1 aromatic carbocycles. The Kier molecular flexibility index (Phi) is 6.79. The average molecular weight is 384 g/mol. The molecule has 1 aromatic heterocycles. The van der Waals surface area contributed by atoms with Crippen molar-refractivity contribution in [2.45, 2.75) is 6.10 Å². The number of methoxy groups -OCH3 is 2. The van der Waals surface area contributed by atoms with Gasteiger partial charge in [-0.25, -0.2) is 0 Å². The van der Waals surface area contributed by atoms with Crippen molar-refractivity contribution in [3.05, 3.63) is 52.3 Å². The number of aliphatic hydroxyl groups is 1. The molecule has 1 heterocycles. The van der Waals surface area contributed by atoms with Crippen molar-refractivity contribution >= 4 is 15.9 Å². The molecule has 2 rings (SSSR count). The lowest BCUT2D eigenvalue weighted by Crippen LogP contribution is -2.10. The van der Waals surface area contributed by atoms with Gasteiger partial charge >= 0.3 is 0 Å². The van der Waals surface area contributed by atoms with Crippen LogP contribution in [0.5, 0.6) is 11.5 Å². The SMILES string of the molecule is COCOc1ccc(Br)cc1C(O)c1ncccc1OCOC. The fourth-order valence-corrected chi connectivity index (χ4v) is 2.37. The van der Waals surface area contributed by atoms with E-state index in [9.17, 15) is 5.11 Å². The first-order valence-electron chi connectivity index (χ1n) is 6.83. The summed E-state index contributed by atoms with van der Waals surface area (Å²) in [5.74, 6) is 0.949. The van der Waals surface area contributed by atoms with Crippen molar-refractivity contribution in [3.63, 3.8) is 0 Å². The monoisotopic (exact) mass is 383 g/mol. The Morgan fingerprint density at radius 2 is 1.78 bits per heavy atom. The summed E-state index contributed by atoms with van der Waals surface area (Å²) in [5, 5.41) is 10.8. The summed E-state index contributed by atoms with van der Waals surface area (Å²) in [6, 6.07) is 8.79. The number of benzene rings is 1. The molecule has 1 atom stereocenters. The summed E-state index contributed by atoms with van der Waals surface area (Å²) in [6.07, 6.45) is 0.568. The Balaban J connectivity index is 2.36. The van der Waals surface area contributed by atoms with E-state index in [-0.39, 0.29) is 13.6 Å². The van der Waals surface area contributed by atoms with Crippen LogP contribution in [0, 0.1) is 0 Å². The van der Waals surface area contributed by atoms with Crippen LogP contribution in [-0.4, -0.2) is 37.9 Å². The Labute approximate surface area is 143 Å². The lowest BCUT2D eigenvalue weighted by atomic mass is 10.0. The standard InChI is InChI=1S/C16H18BrNO5/c1-20-9-22-13-6-5-11(17)8-12(13)16(19)15-14(23-10-21-2)4-3-7-18-15/h3-8,16,19H,9-10H2,1-2H3. The molecule has 0 radical (unpaired) electrons. The fraction of sp³-hybridized carbons (Fsp3) is 0.312. The minimum atomic E-state index is -1.02. The van der Waals surface area contributed by atoms with Crippen molar-refractivity contribution in [2.75, 3.05) is 27.8 Å². The first kappa shape index (κ1) is 17.7. The highest BCUT2D eigenvalue weighted by Gasteiger charge is 2.21. The smallest absolute Gasteiger partial charge is 0.188 e. The van der Waals surface area contributed by atoms with Crippen molar-refractivity contribution < 1.29 is 24.1 Å². The minimum absolute atomic E-state index is 0.0664. The molecule has 0 amide bonds. The van der Waals surface area contributed by atoms with E-state index < -0.39 is 6.10 Å². The quantitative estimate of drug-likeness (QED) is 0.706. The van der Waals surface area contributed by atoms with E-state index in [1.807, 2.05) is 6.07 Å². The van der Waals surface area contributed by atoms with Crippen LogP contribution in [-0.2, 0) is 9.47 Å².